The fourth-order valence-electron chi connectivity index (χ4n) is 1.38. The highest BCUT2D eigenvalue weighted by molar-refractivity contribution is 7.94. The van der Waals surface area contributed by atoms with Crippen molar-refractivity contribution in [3.8, 4) is 11.5 Å². The van der Waals surface area contributed by atoms with E-state index in [0.717, 1.165) is 11.3 Å². The lowest BCUT2D eigenvalue weighted by atomic mass is 10.3. The van der Waals surface area contributed by atoms with Crippen molar-refractivity contribution in [2.24, 2.45) is 0 Å². The summed E-state index contributed by atoms with van der Waals surface area (Å²) < 4.78 is 31.3. The highest BCUT2D eigenvalue weighted by Gasteiger charge is 2.15. The average Bonchev–Trinajstić information content (AvgIpc) is 2.82. The average molecular weight is 285 g/mol. The van der Waals surface area contributed by atoms with Crippen LogP contribution in [0.15, 0.2) is 39.9 Å². The van der Waals surface area contributed by atoms with Gasteiger partial charge in [0.05, 0.1) is 12.8 Å². The monoisotopic (exact) mass is 285 g/mol. The number of anilines is 1. The fourth-order valence-corrected chi connectivity index (χ4v) is 3.42. The van der Waals surface area contributed by atoms with Gasteiger partial charge in [0.15, 0.2) is 11.5 Å². The topological polar surface area (TPSA) is 75.6 Å². The predicted molar refractivity (Wildman–Crippen MR) is 69.8 cm³/mol. The van der Waals surface area contributed by atoms with Gasteiger partial charge in [0.2, 0.25) is 0 Å². The van der Waals surface area contributed by atoms with E-state index in [1.165, 1.54) is 31.4 Å². The SMILES string of the molecule is COc1ccc(NS(=O)(=O)c2cccs2)cc1O. The molecule has 0 aliphatic heterocycles. The van der Waals surface area contributed by atoms with Gasteiger partial charge in [-0.2, -0.15) is 0 Å². The first-order valence-electron chi connectivity index (χ1n) is 4.96. The minimum Gasteiger partial charge on any atom is -0.504 e. The van der Waals surface area contributed by atoms with Gasteiger partial charge in [-0.15, -0.1) is 11.3 Å². The van der Waals surface area contributed by atoms with Gasteiger partial charge >= 0.3 is 0 Å². The maximum atomic E-state index is 11.9. The van der Waals surface area contributed by atoms with Crippen LogP contribution in [0.3, 0.4) is 0 Å². The van der Waals surface area contributed by atoms with Crippen LogP contribution < -0.4 is 9.46 Å². The number of phenols is 1. The third-order valence-electron chi connectivity index (χ3n) is 2.19. The molecule has 0 spiro atoms. The van der Waals surface area contributed by atoms with Gasteiger partial charge in [0.1, 0.15) is 4.21 Å². The largest absolute Gasteiger partial charge is 0.504 e. The van der Waals surface area contributed by atoms with E-state index in [4.69, 9.17) is 4.74 Å². The molecule has 0 unspecified atom stereocenters. The molecule has 96 valence electrons. The first-order chi connectivity index (χ1) is 8.53. The summed E-state index contributed by atoms with van der Waals surface area (Å²) in [6, 6.07) is 7.47. The minimum absolute atomic E-state index is 0.121. The van der Waals surface area contributed by atoms with Crippen molar-refractivity contribution in [2.75, 3.05) is 11.8 Å². The fraction of sp³-hybridized carbons (Fsp3) is 0.0909. The molecule has 5 nitrogen and oxygen atoms in total. The van der Waals surface area contributed by atoms with E-state index in [0.29, 0.717) is 0 Å². The smallest absolute Gasteiger partial charge is 0.271 e. The molecule has 1 aromatic carbocycles. The Balaban J connectivity index is 2.27. The molecule has 1 heterocycles. The van der Waals surface area contributed by atoms with Gasteiger partial charge in [-0.3, -0.25) is 4.72 Å². The van der Waals surface area contributed by atoms with E-state index in [9.17, 15) is 13.5 Å². The Kier molecular flexibility index (Phi) is 3.44. The van der Waals surface area contributed by atoms with Crippen molar-refractivity contribution in [2.45, 2.75) is 4.21 Å². The Morgan fingerprint density at radius 1 is 1.33 bits per heavy atom. The number of hydrogen-bond donors (Lipinski definition) is 2. The second-order valence-corrected chi connectivity index (χ2v) is 6.28. The molecule has 0 aliphatic carbocycles. The summed E-state index contributed by atoms with van der Waals surface area (Å²) in [7, 11) is -2.17. The zero-order chi connectivity index (χ0) is 13.2. The van der Waals surface area contributed by atoms with Gasteiger partial charge in [0, 0.05) is 6.07 Å². The molecule has 2 N–H and O–H groups in total. The number of sulfonamides is 1. The van der Waals surface area contributed by atoms with E-state index in [1.807, 2.05) is 0 Å². The molecule has 2 aromatic rings. The van der Waals surface area contributed by atoms with Crippen LogP contribution in [0.5, 0.6) is 11.5 Å². The summed E-state index contributed by atoms with van der Waals surface area (Å²) in [5.74, 6) is 0.165. The molecular formula is C11H11NO4S2. The van der Waals surface area contributed by atoms with Crippen molar-refractivity contribution in [1.82, 2.24) is 0 Å². The second-order valence-electron chi connectivity index (χ2n) is 3.42. The number of aromatic hydroxyl groups is 1. The molecule has 7 heteroatoms. The van der Waals surface area contributed by atoms with E-state index >= 15 is 0 Å². The first kappa shape index (κ1) is 12.7. The van der Waals surface area contributed by atoms with Crippen LogP contribution in [0.4, 0.5) is 5.69 Å². The molecular weight excluding hydrogens is 274 g/mol. The summed E-state index contributed by atoms with van der Waals surface area (Å²) in [5, 5.41) is 11.2. The lowest BCUT2D eigenvalue weighted by molar-refractivity contribution is 0.373. The molecule has 18 heavy (non-hydrogen) atoms. The zero-order valence-corrected chi connectivity index (χ0v) is 11.1. The van der Waals surface area contributed by atoms with Crippen LogP contribution in [-0.4, -0.2) is 20.6 Å². The molecule has 0 bridgehead atoms. The third kappa shape index (κ3) is 2.57. The van der Waals surface area contributed by atoms with Crippen LogP contribution in [0, 0.1) is 0 Å². The maximum absolute atomic E-state index is 11.9. The summed E-state index contributed by atoms with van der Waals surface area (Å²) in [6.07, 6.45) is 0. The Morgan fingerprint density at radius 2 is 2.11 bits per heavy atom. The molecule has 0 radical (unpaired) electrons. The van der Waals surface area contributed by atoms with Crippen LogP contribution in [0.2, 0.25) is 0 Å². The number of rotatable bonds is 4. The highest BCUT2D eigenvalue weighted by atomic mass is 32.2. The third-order valence-corrected chi connectivity index (χ3v) is 4.97. The van der Waals surface area contributed by atoms with Crippen molar-refractivity contribution in [1.29, 1.82) is 0 Å². The quantitative estimate of drug-likeness (QED) is 0.903. The number of phenolic OH excluding ortho intramolecular Hbond substituents is 1. The summed E-state index contributed by atoms with van der Waals surface area (Å²) in [4.78, 5) is 0. The standard InChI is InChI=1S/C11H11NO4S2/c1-16-10-5-4-8(7-9(10)13)12-18(14,15)11-3-2-6-17-11/h2-7,12-13H,1H3. The van der Waals surface area contributed by atoms with Crippen LogP contribution >= 0.6 is 11.3 Å². The number of ether oxygens (including phenoxy) is 1. The number of thiophene rings is 1. The molecule has 0 saturated carbocycles. The van der Waals surface area contributed by atoms with Gasteiger partial charge < -0.3 is 9.84 Å². The van der Waals surface area contributed by atoms with E-state index in [1.54, 1.807) is 11.4 Å². The van der Waals surface area contributed by atoms with Crippen molar-refractivity contribution < 1.29 is 18.3 Å². The molecule has 0 amide bonds. The van der Waals surface area contributed by atoms with Crippen molar-refractivity contribution >= 4 is 27.0 Å². The van der Waals surface area contributed by atoms with Crippen LogP contribution in [0.1, 0.15) is 0 Å². The number of benzene rings is 1. The Hall–Kier alpha value is -1.73. The van der Waals surface area contributed by atoms with Gasteiger partial charge in [-0.05, 0) is 23.6 Å². The Bertz CT molecular complexity index is 635. The number of hydrogen-bond acceptors (Lipinski definition) is 5. The van der Waals surface area contributed by atoms with Gasteiger partial charge in [0.25, 0.3) is 10.0 Å². The second kappa shape index (κ2) is 4.87. The molecule has 2 rings (SSSR count). The van der Waals surface area contributed by atoms with E-state index in [2.05, 4.69) is 4.72 Å². The predicted octanol–water partition coefficient (Wildman–Crippen LogP) is 2.26. The minimum atomic E-state index is -3.59. The summed E-state index contributed by atoms with van der Waals surface area (Å²) >= 11 is 1.12. The highest BCUT2D eigenvalue weighted by Crippen LogP contribution is 2.30. The lowest BCUT2D eigenvalue weighted by Gasteiger charge is -2.08. The Morgan fingerprint density at radius 3 is 2.67 bits per heavy atom. The normalized spacial score (nSPS) is 11.2. The molecule has 0 aliphatic rings. The molecule has 0 saturated heterocycles. The van der Waals surface area contributed by atoms with Crippen molar-refractivity contribution in [3.63, 3.8) is 0 Å². The van der Waals surface area contributed by atoms with Gasteiger partial charge in [-0.1, -0.05) is 6.07 Å². The van der Waals surface area contributed by atoms with Gasteiger partial charge in [-0.25, -0.2) is 8.42 Å². The van der Waals surface area contributed by atoms with Crippen molar-refractivity contribution in [3.05, 3.63) is 35.7 Å². The number of nitrogens with one attached hydrogen (secondary N) is 1. The number of methoxy groups -OCH3 is 1. The molecule has 1 aromatic heterocycles. The Labute approximate surface area is 109 Å². The first-order valence-corrected chi connectivity index (χ1v) is 7.32. The lowest BCUT2D eigenvalue weighted by Crippen LogP contribution is -2.11. The summed E-state index contributed by atoms with van der Waals surface area (Å²) in [5.41, 5.74) is 0.279. The van der Waals surface area contributed by atoms with Crippen LogP contribution in [0.25, 0.3) is 0 Å². The summed E-state index contributed by atoms with van der Waals surface area (Å²) in [6.45, 7) is 0. The van der Waals surface area contributed by atoms with Crippen LogP contribution in [-0.2, 0) is 10.0 Å². The molecule has 0 fully saturated rings. The van der Waals surface area contributed by atoms with E-state index < -0.39 is 10.0 Å². The maximum Gasteiger partial charge on any atom is 0.271 e. The molecule has 0 atom stereocenters. The zero-order valence-electron chi connectivity index (χ0n) is 9.45. The van der Waals surface area contributed by atoms with E-state index in [-0.39, 0.29) is 21.4 Å².